The van der Waals surface area contributed by atoms with Gasteiger partial charge in [0.15, 0.2) is 0 Å². The van der Waals surface area contributed by atoms with Crippen LogP contribution in [0.3, 0.4) is 0 Å². The fourth-order valence-electron chi connectivity index (χ4n) is 4.38. The summed E-state index contributed by atoms with van der Waals surface area (Å²) in [4.78, 5) is 17.3. The van der Waals surface area contributed by atoms with Crippen LogP contribution >= 0.6 is 0 Å². The molecule has 1 unspecified atom stereocenters. The highest BCUT2D eigenvalue weighted by Crippen LogP contribution is 2.31. The summed E-state index contributed by atoms with van der Waals surface area (Å²) in [6.07, 6.45) is 3.42. The zero-order valence-electron chi connectivity index (χ0n) is 15.3. The number of benzene rings is 2. The minimum Gasteiger partial charge on any atom is -0.339 e. The fraction of sp³-hybridized carbons (Fsp3) is 0.391. The summed E-state index contributed by atoms with van der Waals surface area (Å²) < 4.78 is 0. The first-order valence-corrected chi connectivity index (χ1v) is 9.71. The molecule has 1 atom stereocenters. The SMILES string of the molecule is [CH2]c1ccc(C(=O)N2CCC(N3CCC(c4ccccc4)C3)CC2)cc1. The highest BCUT2D eigenvalue weighted by atomic mass is 16.2. The lowest BCUT2D eigenvalue weighted by molar-refractivity contribution is 0.0643. The van der Waals surface area contributed by atoms with Gasteiger partial charge in [-0.2, -0.15) is 0 Å². The zero-order chi connectivity index (χ0) is 17.9. The number of carbonyl (C=O) groups is 1. The zero-order valence-corrected chi connectivity index (χ0v) is 15.3. The number of amides is 1. The summed E-state index contributed by atoms with van der Waals surface area (Å²) in [7, 11) is 0. The van der Waals surface area contributed by atoms with Gasteiger partial charge in [-0.3, -0.25) is 9.69 Å². The van der Waals surface area contributed by atoms with Crippen LogP contribution in [0.2, 0.25) is 0 Å². The Morgan fingerprint density at radius 3 is 2.27 bits per heavy atom. The molecule has 0 aromatic heterocycles. The van der Waals surface area contributed by atoms with E-state index in [1.54, 1.807) is 0 Å². The normalized spacial score (nSPS) is 21.9. The van der Waals surface area contributed by atoms with E-state index in [1.807, 2.05) is 29.2 Å². The monoisotopic (exact) mass is 347 g/mol. The van der Waals surface area contributed by atoms with Crippen LogP contribution in [0, 0.1) is 6.92 Å². The molecule has 2 aliphatic heterocycles. The third-order valence-electron chi connectivity index (χ3n) is 5.96. The summed E-state index contributed by atoms with van der Waals surface area (Å²) in [6, 6.07) is 19.1. The number of nitrogens with zero attached hydrogens (tertiary/aromatic N) is 2. The van der Waals surface area contributed by atoms with E-state index < -0.39 is 0 Å². The summed E-state index contributed by atoms with van der Waals surface area (Å²) in [5.41, 5.74) is 3.19. The van der Waals surface area contributed by atoms with Gasteiger partial charge in [0.2, 0.25) is 0 Å². The van der Waals surface area contributed by atoms with Crippen LogP contribution < -0.4 is 0 Å². The molecule has 26 heavy (non-hydrogen) atoms. The molecule has 2 aromatic rings. The predicted octanol–water partition coefficient (Wildman–Crippen LogP) is 3.96. The molecule has 2 fully saturated rings. The van der Waals surface area contributed by atoms with Crippen molar-refractivity contribution in [3.8, 4) is 0 Å². The third-order valence-corrected chi connectivity index (χ3v) is 5.96. The second-order valence-corrected chi connectivity index (χ2v) is 7.61. The third kappa shape index (κ3) is 3.68. The van der Waals surface area contributed by atoms with Gasteiger partial charge in [-0.05, 0) is 61.9 Å². The van der Waals surface area contributed by atoms with E-state index >= 15 is 0 Å². The standard InChI is InChI=1S/C23H27N2O/c1-18-7-9-20(10-8-18)23(26)24-15-12-22(13-16-24)25-14-11-21(17-25)19-5-3-2-4-6-19/h2-10,21-22H,1,11-17H2. The second-order valence-electron chi connectivity index (χ2n) is 7.61. The summed E-state index contributed by atoms with van der Waals surface area (Å²) >= 11 is 0. The number of piperidine rings is 1. The highest BCUT2D eigenvalue weighted by Gasteiger charge is 2.32. The Balaban J connectivity index is 1.31. The van der Waals surface area contributed by atoms with Crippen LogP contribution in [0.15, 0.2) is 54.6 Å². The molecule has 1 radical (unpaired) electrons. The van der Waals surface area contributed by atoms with Crippen molar-refractivity contribution in [1.82, 2.24) is 9.80 Å². The van der Waals surface area contributed by atoms with Crippen LogP contribution in [0.4, 0.5) is 0 Å². The number of carbonyl (C=O) groups excluding carboxylic acids is 1. The first-order chi connectivity index (χ1) is 12.7. The van der Waals surface area contributed by atoms with Crippen molar-refractivity contribution in [2.24, 2.45) is 0 Å². The topological polar surface area (TPSA) is 23.6 Å². The molecule has 2 heterocycles. The van der Waals surface area contributed by atoms with Crippen molar-refractivity contribution in [1.29, 1.82) is 0 Å². The Morgan fingerprint density at radius 1 is 0.885 bits per heavy atom. The fourth-order valence-corrected chi connectivity index (χ4v) is 4.38. The number of rotatable bonds is 3. The van der Waals surface area contributed by atoms with Crippen molar-refractivity contribution in [2.45, 2.75) is 31.2 Å². The average Bonchev–Trinajstić information content (AvgIpc) is 3.19. The lowest BCUT2D eigenvalue weighted by atomic mass is 9.98. The number of hydrogen-bond donors (Lipinski definition) is 0. The molecule has 3 heteroatoms. The van der Waals surface area contributed by atoms with E-state index in [0.717, 1.165) is 43.6 Å². The maximum Gasteiger partial charge on any atom is 0.253 e. The molecule has 0 N–H and O–H groups in total. The van der Waals surface area contributed by atoms with Crippen LogP contribution in [0.5, 0.6) is 0 Å². The largest absolute Gasteiger partial charge is 0.339 e. The van der Waals surface area contributed by atoms with Crippen LogP contribution in [-0.4, -0.2) is 47.9 Å². The lowest BCUT2D eigenvalue weighted by Crippen LogP contribution is -2.46. The van der Waals surface area contributed by atoms with Crippen molar-refractivity contribution in [3.05, 3.63) is 78.2 Å². The van der Waals surface area contributed by atoms with E-state index in [9.17, 15) is 4.79 Å². The van der Waals surface area contributed by atoms with E-state index in [1.165, 1.54) is 18.5 Å². The molecular weight excluding hydrogens is 320 g/mol. The van der Waals surface area contributed by atoms with Gasteiger partial charge >= 0.3 is 0 Å². The Labute approximate surface area is 156 Å². The Bertz CT molecular complexity index is 733. The van der Waals surface area contributed by atoms with Gasteiger partial charge in [0.05, 0.1) is 0 Å². The van der Waals surface area contributed by atoms with E-state index in [4.69, 9.17) is 0 Å². The van der Waals surface area contributed by atoms with E-state index in [0.29, 0.717) is 12.0 Å². The molecule has 135 valence electrons. The van der Waals surface area contributed by atoms with Gasteiger partial charge < -0.3 is 4.90 Å². The number of hydrogen-bond acceptors (Lipinski definition) is 2. The minimum absolute atomic E-state index is 0.159. The summed E-state index contributed by atoms with van der Waals surface area (Å²) in [5.74, 6) is 0.823. The van der Waals surface area contributed by atoms with Gasteiger partial charge in [-0.25, -0.2) is 0 Å². The van der Waals surface area contributed by atoms with Gasteiger partial charge in [-0.1, -0.05) is 42.5 Å². The molecule has 3 nitrogen and oxygen atoms in total. The minimum atomic E-state index is 0.159. The Kier molecular flexibility index (Phi) is 5.07. The molecule has 2 aromatic carbocycles. The molecule has 4 rings (SSSR count). The van der Waals surface area contributed by atoms with Gasteiger partial charge in [0, 0.05) is 31.2 Å². The molecule has 1 amide bonds. The molecule has 2 saturated heterocycles. The molecular formula is C23H27N2O. The quantitative estimate of drug-likeness (QED) is 0.839. The van der Waals surface area contributed by atoms with Gasteiger partial charge in [0.1, 0.15) is 0 Å². The molecule has 0 saturated carbocycles. The first-order valence-electron chi connectivity index (χ1n) is 9.71. The average molecular weight is 347 g/mol. The van der Waals surface area contributed by atoms with Gasteiger partial charge in [0.25, 0.3) is 5.91 Å². The van der Waals surface area contributed by atoms with Crippen molar-refractivity contribution >= 4 is 5.91 Å². The van der Waals surface area contributed by atoms with Crippen LogP contribution in [-0.2, 0) is 0 Å². The molecule has 0 bridgehead atoms. The predicted molar refractivity (Wildman–Crippen MR) is 105 cm³/mol. The van der Waals surface area contributed by atoms with E-state index in [-0.39, 0.29) is 5.91 Å². The van der Waals surface area contributed by atoms with Gasteiger partial charge in [-0.15, -0.1) is 0 Å². The number of likely N-dealkylation sites (tertiary alicyclic amines) is 2. The summed E-state index contributed by atoms with van der Waals surface area (Å²) in [6.45, 7) is 7.96. The van der Waals surface area contributed by atoms with Crippen molar-refractivity contribution < 1.29 is 4.79 Å². The van der Waals surface area contributed by atoms with Crippen LogP contribution in [0.1, 0.15) is 46.7 Å². The smallest absolute Gasteiger partial charge is 0.253 e. The Hall–Kier alpha value is -2.13. The van der Waals surface area contributed by atoms with Crippen molar-refractivity contribution in [2.75, 3.05) is 26.2 Å². The first kappa shape index (κ1) is 17.3. The second kappa shape index (κ2) is 7.63. The summed E-state index contributed by atoms with van der Waals surface area (Å²) in [5, 5.41) is 0. The highest BCUT2D eigenvalue weighted by molar-refractivity contribution is 5.94. The lowest BCUT2D eigenvalue weighted by Gasteiger charge is -2.37. The molecule has 0 spiro atoms. The molecule has 2 aliphatic rings. The van der Waals surface area contributed by atoms with Crippen LogP contribution in [0.25, 0.3) is 0 Å². The van der Waals surface area contributed by atoms with E-state index in [2.05, 4.69) is 42.2 Å². The Morgan fingerprint density at radius 2 is 1.58 bits per heavy atom. The maximum atomic E-state index is 12.7. The molecule has 0 aliphatic carbocycles. The van der Waals surface area contributed by atoms with Crippen molar-refractivity contribution in [3.63, 3.8) is 0 Å². The maximum absolute atomic E-state index is 12.7.